The number of nitrogens with two attached hydrogens (primary N) is 1. The molecule has 0 aliphatic rings. The maximum Gasteiger partial charge on any atom is 0.306 e. The number of nitrogens with one attached hydrogen (secondary N) is 1. The summed E-state index contributed by atoms with van der Waals surface area (Å²) in [6, 6.07) is -0.152. The highest BCUT2D eigenvalue weighted by Gasteiger charge is 2.14. The Morgan fingerprint density at radius 1 is 1.44 bits per heavy atom. The minimum Gasteiger partial charge on any atom is -0.481 e. The van der Waals surface area contributed by atoms with Crippen LogP contribution in [0.15, 0.2) is 0 Å². The van der Waals surface area contributed by atoms with Gasteiger partial charge in [0.25, 0.3) is 0 Å². The van der Waals surface area contributed by atoms with Gasteiger partial charge in [-0.1, -0.05) is 6.92 Å². The van der Waals surface area contributed by atoms with Gasteiger partial charge in [-0.25, -0.2) is 0 Å². The Bertz CT molecular complexity index is 233. The van der Waals surface area contributed by atoms with Gasteiger partial charge >= 0.3 is 5.97 Å². The Kier molecular flexibility index (Phi) is 7.49. The van der Waals surface area contributed by atoms with E-state index in [1.54, 1.807) is 0 Å². The van der Waals surface area contributed by atoms with Crippen molar-refractivity contribution in [1.29, 1.82) is 0 Å². The van der Waals surface area contributed by atoms with Gasteiger partial charge in [-0.05, 0) is 6.42 Å². The lowest BCUT2D eigenvalue weighted by Gasteiger charge is -2.15. The van der Waals surface area contributed by atoms with E-state index in [-0.39, 0.29) is 31.3 Å². The molecular weight excluding hydrogens is 212 g/mol. The molecule has 0 bridgehead atoms. The highest BCUT2D eigenvalue weighted by Crippen LogP contribution is 1.97. The molecule has 6 heteroatoms. The zero-order valence-corrected chi connectivity index (χ0v) is 9.73. The fourth-order valence-corrected chi connectivity index (χ4v) is 1.12. The molecule has 1 amide bonds. The predicted molar refractivity (Wildman–Crippen MR) is 58.9 cm³/mol. The Labute approximate surface area is 95.1 Å². The number of aliphatic carboxylic acids is 1. The Balaban J connectivity index is 3.83. The molecule has 0 rings (SSSR count). The molecule has 0 saturated heterocycles. The van der Waals surface area contributed by atoms with Gasteiger partial charge in [0, 0.05) is 26.1 Å². The summed E-state index contributed by atoms with van der Waals surface area (Å²) in [4.78, 5) is 21.7. The summed E-state index contributed by atoms with van der Waals surface area (Å²) in [6.45, 7) is 2.10. The van der Waals surface area contributed by atoms with Crippen molar-refractivity contribution in [3.05, 3.63) is 0 Å². The lowest BCUT2D eigenvalue weighted by atomic mass is 10.1. The summed E-state index contributed by atoms with van der Waals surface area (Å²) in [7, 11) is 1.41. The average molecular weight is 232 g/mol. The molecule has 4 N–H and O–H groups in total. The van der Waals surface area contributed by atoms with Gasteiger partial charge < -0.3 is 20.9 Å². The summed E-state index contributed by atoms with van der Waals surface area (Å²) < 4.78 is 4.92. The minimum absolute atomic E-state index is 0.128. The SMILES string of the molecule is CCC(N)CC(=O)NCC(CC(=O)O)OC. The van der Waals surface area contributed by atoms with Gasteiger partial charge in [0.15, 0.2) is 0 Å². The number of hydrogen-bond donors (Lipinski definition) is 3. The van der Waals surface area contributed by atoms with E-state index in [0.29, 0.717) is 0 Å². The molecular formula is C10H20N2O4. The molecule has 2 unspecified atom stereocenters. The van der Waals surface area contributed by atoms with Crippen LogP contribution in [0.3, 0.4) is 0 Å². The minimum atomic E-state index is -0.952. The third-order valence-corrected chi connectivity index (χ3v) is 2.23. The normalized spacial score (nSPS) is 14.2. The van der Waals surface area contributed by atoms with E-state index in [9.17, 15) is 9.59 Å². The number of carboxylic acids is 1. The third kappa shape index (κ3) is 7.19. The molecule has 0 aromatic carbocycles. The first-order valence-electron chi connectivity index (χ1n) is 5.26. The summed E-state index contributed by atoms with van der Waals surface area (Å²) in [5.74, 6) is -1.13. The van der Waals surface area contributed by atoms with E-state index in [2.05, 4.69) is 5.32 Å². The maximum atomic E-state index is 11.3. The first kappa shape index (κ1) is 14.9. The Morgan fingerprint density at radius 2 is 2.06 bits per heavy atom. The van der Waals surface area contributed by atoms with Crippen LogP contribution in [-0.4, -0.2) is 42.8 Å². The highest BCUT2D eigenvalue weighted by molar-refractivity contribution is 5.76. The van der Waals surface area contributed by atoms with Crippen LogP contribution in [0.5, 0.6) is 0 Å². The molecule has 0 heterocycles. The maximum absolute atomic E-state index is 11.3. The summed E-state index contributed by atoms with van der Waals surface area (Å²) in [5, 5.41) is 11.1. The van der Waals surface area contributed by atoms with Crippen LogP contribution in [-0.2, 0) is 14.3 Å². The van der Waals surface area contributed by atoms with Crippen LogP contribution in [0.1, 0.15) is 26.2 Å². The van der Waals surface area contributed by atoms with E-state index in [1.165, 1.54) is 7.11 Å². The van der Waals surface area contributed by atoms with Crippen molar-refractivity contribution in [2.75, 3.05) is 13.7 Å². The standard InChI is InChI=1S/C10H20N2O4/c1-3-7(11)4-9(13)12-6-8(16-2)5-10(14)15/h7-8H,3-6,11H2,1-2H3,(H,12,13)(H,14,15). The third-order valence-electron chi connectivity index (χ3n) is 2.23. The van der Waals surface area contributed by atoms with Gasteiger partial charge in [0.05, 0.1) is 12.5 Å². The summed E-state index contributed by atoms with van der Waals surface area (Å²) in [5.41, 5.74) is 5.61. The van der Waals surface area contributed by atoms with Crippen molar-refractivity contribution in [3.8, 4) is 0 Å². The van der Waals surface area contributed by atoms with E-state index in [1.807, 2.05) is 6.92 Å². The summed E-state index contributed by atoms with van der Waals surface area (Å²) in [6.07, 6.45) is 0.353. The lowest BCUT2D eigenvalue weighted by Crippen LogP contribution is -2.37. The molecule has 16 heavy (non-hydrogen) atoms. The quantitative estimate of drug-likeness (QED) is 0.534. The molecule has 94 valence electrons. The first-order valence-corrected chi connectivity index (χ1v) is 5.26. The number of carbonyl (C=O) groups excluding carboxylic acids is 1. The second-order valence-electron chi connectivity index (χ2n) is 3.63. The molecule has 0 aromatic heterocycles. The smallest absolute Gasteiger partial charge is 0.306 e. The molecule has 0 radical (unpaired) electrons. The molecule has 0 spiro atoms. The second kappa shape index (κ2) is 8.06. The number of carbonyl (C=O) groups is 2. The van der Waals surface area contributed by atoms with Crippen molar-refractivity contribution < 1.29 is 19.4 Å². The van der Waals surface area contributed by atoms with Crippen LogP contribution >= 0.6 is 0 Å². The monoisotopic (exact) mass is 232 g/mol. The number of ether oxygens (including phenoxy) is 1. The fraction of sp³-hybridized carbons (Fsp3) is 0.800. The van der Waals surface area contributed by atoms with Crippen molar-refractivity contribution >= 4 is 11.9 Å². The average Bonchev–Trinajstić information content (AvgIpc) is 2.23. The van der Waals surface area contributed by atoms with Crippen LogP contribution < -0.4 is 11.1 Å². The number of amides is 1. The lowest BCUT2D eigenvalue weighted by molar-refractivity contribution is -0.140. The zero-order valence-electron chi connectivity index (χ0n) is 9.73. The molecule has 6 nitrogen and oxygen atoms in total. The van der Waals surface area contributed by atoms with E-state index < -0.39 is 12.1 Å². The topological polar surface area (TPSA) is 102 Å². The second-order valence-corrected chi connectivity index (χ2v) is 3.63. The van der Waals surface area contributed by atoms with Gasteiger partial charge in [0.2, 0.25) is 5.91 Å². The number of methoxy groups -OCH3 is 1. The van der Waals surface area contributed by atoms with Crippen molar-refractivity contribution in [2.24, 2.45) is 5.73 Å². The van der Waals surface area contributed by atoms with Crippen LogP contribution in [0.4, 0.5) is 0 Å². The van der Waals surface area contributed by atoms with Crippen LogP contribution in [0.2, 0.25) is 0 Å². The van der Waals surface area contributed by atoms with Gasteiger partial charge in [-0.3, -0.25) is 9.59 Å². The van der Waals surface area contributed by atoms with Gasteiger partial charge in [-0.15, -0.1) is 0 Å². The predicted octanol–water partition coefficient (Wildman–Crippen LogP) is -0.280. The van der Waals surface area contributed by atoms with E-state index >= 15 is 0 Å². The highest BCUT2D eigenvalue weighted by atomic mass is 16.5. The molecule has 2 atom stereocenters. The largest absolute Gasteiger partial charge is 0.481 e. The summed E-state index contributed by atoms with van der Waals surface area (Å²) >= 11 is 0. The number of rotatable bonds is 8. The van der Waals surface area contributed by atoms with Gasteiger partial charge in [0.1, 0.15) is 0 Å². The molecule has 0 aliphatic carbocycles. The van der Waals surface area contributed by atoms with Crippen LogP contribution in [0.25, 0.3) is 0 Å². The molecule has 0 aliphatic heterocycles. The van der Waals surface area contributed by atoms with Crippen molar-refractivity contribution in [3.63, 3.8) is 0 Å². The Morgan fingerprint density at radius 3 is 2.50 bits per heavy atom. The number of hydrogen-bond acceptors (Lipinski definition) is 4. The zero-order chi connectivity index (χ0) is 12.6. The molecule has 0 saturated carbocycles. The van der Waals surface area contributed by atoms with E-state index in [0.717, 1.165) is 6.42 Å². The van der Waals surface area contributed by atoms with Crippen molar-refractivity contribution in [2.45, 2.75) is 38.3 Å². The van der Waals surface area contributed by atoms with Crippen LogP contribution in [0, 0.1) is 0 Å². The first-order chi connectivity index (χ1) is 7.49. The van der Waals surface area contributed by atoms with Gasteiger partial charge in [-0.2, -0.15) is 0 Å². The van der Waals surface area contributed by atoms with Crippen molar-refractivity contribution in [1.82, 2.24) is 5.32 Å². The molecule has 0 aromatic rings. The van der Waals surface area contributed by atoms with E-state index in [4.69, 9.17) is 15.6 Å². The molecule has 0 fully saturated rings. The Hall–Kier alpha value is -1.14. The number of carboxylic acid groups (broad SMARTS) is 1. The fourth-order valence-electron chi connectivity index (χ4n) is 1.12.